The monoisotopic (exact) mass is 307 g/mol. The number of ether oxygens (including phenoxy) is 2. The van der Waals surface area contributed by atoms with Crippen LogP contribution >= 0.6 is 0 Å². The molecule has 6 nitrogen and oxygen atoms in total. The molecule has 1 N–H and O–H groups in total. The number of aliphatic carboxylic acids is 1. The molecular weight excluding hydrogens is 286 g/mol. The molecule has 0 aliphatic heterocycles. The average molecular weight is 307 g/mol. The molecule has 1 fully saturated rings. The van der Waals surface area contributed by atoms with E-state index in [1.807, 2.05) is 24.3 Å². The van der Waals surface area contributed by atoms with Crippen LogP contribution in [-0.2, 0) is 14.3 Å². The van der Waals surface area contributed by atoms with Gasteiger partial charge in [0.2, 0.25) is 5.91 Å². The summed E-state index contributed by atoms with van der Waals surface area (Å²) in [5.41, 5.74) is 1.11. The fraction of sp³-hybridized carbons (Fsp3) is 0.500. The van der Waals surface area contributed by atoms with Gasteiger partial charge >= 0.3 is 5.97 Å². The van der Waals surface area contributed by atoms with Gasteiger partial charge in [0.1, 0.15) is 5.75 Å². The van der Waals surface area contributed by atoms with E-state index in [1.54, 1.807) is 14.2 Å². The van der Waals surface area contributed by atoms with Crippen LogP contribution in [0.1, 0.15) is 24.3 Å². The minimum atomic E-state index is -0.890. The lowest BCUT2D eigenvalue weighted by atomic mass is 10.1. The number of methoxy groups -OCH3 is 1. The summed E-state index contributed by atoms with van der Waals surface area (Å²) < 4.78 is 10.2. The normalized spacial score (nSPS) is 19.5. The van der Waals surface area contributed by atoms with Crippen LogP contribution in [0, 0.1) is 5.92 Å². The zero-order valence-electron chi connectivity index (χ0n) is 12.8. The first kappa shape index (κ1) is 16.3. The third-order valence-electron chi connectivity index (χ3n) is 3.80. The molecule has 2 atom stereocenters. The number of benzene rings is 1. The number of hydrogen-bond donors (Lipinski definition) is 1. The third-order valence-corrected chi connectivity index (χ3v) is 3.80. The van der Waals surface area contributed by atoms with E-state index in [0.29, 0.717) is 0 Å². The van der Waals surface area contributed by atoms with Crippen LogP contribution in [0.5, 0.6) is 5.75 Å². The Balaban J connectivity index is 1.86. The molecule has 0 saturated heterocycles. The van der Waals surface area contributed by atoms with Gasteiger partial charge in [0.25, 0.3) is 0 Å². The molecule has 1 amide bonds. The number of carbonyl (C=O) groups excluding carboxylic acids is 1. The smallest absolute Gasteiger partial charge is 0.305 e. The van der Waals surface area contributed by atoms with E-state index in [4.69, 9.17) is 14.6 Å². The van der Waals surface area contributed by atoms with Crippen molar-refractivity contribution < 1.29 is 24.2 Å². The summed E-state index contributed by atoms with van der Waals surface area (Å²) in [6, 6.07) is 7.64. The second-order valence-corrected chi connectivity index (χ2v) is 5.47. The Kier molecular flexibility index (Phi) is 5.38. The van der Waals surface area contributed by atoms with E-state index in [1.165, 1.54) is 4.90 Å². The van der Waals surface area contributed by atoms with Gasteiger partial charge in [-0.05, 0) is 30.0 Å². The molecule has 6 heteroatoms. The van der Waals surface area contributed by atoms with Crippen molar-refractivity contribution in [3.05, 3.63) is 29.8 Å². The fourth-order valence-corrected chi connectivity index (χ4v) is 2.43. The predicted octanol–water partition coefficient (Wildman–Crippen LogP) is 1.71. The first-order valence-corrected chi connectivity index (χ1v) is 7.21. The molecule has 2 unspecified atom stereocenters. The van der Waals surface area contributed by atoms with E-state index in [2.05, 4.69) is 0 Å². The van der Waals surface area contributed by atoms with Crippen LogP contribution in [-0.4, -0.2) is 49.4 Å². The molecule has 1 aromatic carbocycles. The van der Waals surface area contributed by atoms with Gasteiger partial charge in [0.05, 0.1) is 6.42 Å². The van der Waals surface area contributed by atoms with Gasteiger partial charge in [0.15, 0.2) is 6.79 Å². The molecule has 1 aliphatic carbocycles. The maximum Gasteiger partial charge on any atom is 0.305 e. The molecule has 120 valence electrons. The molecule has 1 aliphatic rings. The summed E-state index contributed by atoms with van der Waals surface area (Å²) in [6.45, 7) is 0.458. The summed E-state index contributed by atoms with van der Waals surface area (Å²) in [4.78, 5) is 24.3. The minimum absolute atomic E-state index is 0.0194. The Morgan fingerprint density at radius 3 is 2.59 bits per heavy atom. The van der Waals surface area contributed by atoms with Gasteiger partial charge in [-0.15, -0.1) is 0 Å². The molecule has 2 rings (SSSR count). The number of rotatable bonds is 8. The van der Waals surface area contributed by atoms with E-state index in [0.717, 1.165) is 17.7 Å². The highest BCUT2D eigenvalue weighted by Crippen LogP contribution is 2.48. The minimum Gasteiger partial charge on any atom is -0.481 e. The Labute approximate surface area is 129 Å². The number of carboxylic acid groups (broad SMARTS) is 1. The Hall–Kier alpha value is -2.08. The van der Waals surface area contributed by atoms with Crippen LogP contribution in [0.25, 0.3) is 0 Å². The van der Waals surface area contributed by atoms with Crippen molar-refractivity contribution in [1.29, 1.82) is 0 Å². The first-order chi connectivity index (χ1) is 10.5. The molecule has 0 heterocycles. The van der Waals surface area contributed by atoms with Gasteiger partial charge < -0.3 is 19.5 Å². The van der Waals surface area contributed by atoms with E-state index in [-0.39, 0.29) is 37.5 Å². The lowest BCUT2D eigenvalue weighted by Crippen LogP contribution is -2.30. The SMILES string of the molecule is COCOc1ccc(C2CC2C(=O)N(C)CCC(=O)O)cc1. The summed E-state index contributed by atoms with van der Waals surface area (Å²) >= 11 is 0. The maximum absolute atomic E-state index is 12.2. The highest BCUT2D eigenvalue weighted by Gasteiger charge is 2.45. The van der Waals surface area contributed by atoms with Crippen molar-refractivity contribution in [2.45, 2.75) is 18.8 Å². The Morgan fingerprint density at radius 1 is 1.32 bits per heavy atom. The standard InChI is InChI=1S/C16H21NO5/c1-17(8-7-15(18)19)16(20)14-9-13(14)11-3-5-12(6-4-11)22-10-21-2/h3-6,13-14H,7-10H2,1-2H3,(H,18,19). The number of carboxylic acids is 1. The second kappa shape index (κ2) is 7.26. The summed E-state index contributed by atoms with van der Waals surface area (Å²) in [5, 5.41) is 8.66. The second-order valence-electron chi connectivity index (χ2n) is 5.47. The summed E-state index contributed by atoms with van der Waals surface area (Å²) in [6.07, 6.45) is 0.791. The van der Waals surface area contributed by atoms with Gasteiger partial charge in [-0.25, -0.2) is 0 Å². The van der Waals surface area contributed by atoms with Crippen LogP contribution in [0.15, 0.2) is 24.3 Å². The molecule has 1 aromatic rings. The van der Waals surface area contributed by atoms with Crippen LogP contribution < -0.4 is 4.74 Å². The quantitative estimate of drug-likeness (QED) is 0.740. The lowest BCUT2D eigenvalue weighted by molar-refractivity contribution is -0.138. The Bertz CT molecular complexity index is 528. The molecular formula is C16H21NO5. The molecule has 0 radical (unpaired) electrons. The van der Waals surface area contributed by atoms with Crippen molar-refractivity contribution in [2.75, 3.05) is 27.5 Å². The molecule has 0 aromatic heterocycles. The van der Waals surface area contributed by atoms with E-state index in [9.17, 15) is 9.59 Å². The van der Waals surface area contributed by atoms with Crippen LogP contribution in [0.4, 0.5) is 0 Å². The number of nitrogens with zero attached hydrogens (tertiary/aromatic N) is 1. The number of amides is 1. The molecule has 1 saturated carbocycles. The highest BCUT2D eigenvalue weighted by atomic mass is 16.7. The van der Waals surface area contributed by atoms with Crippen molar-refractivity contribution in [3.63, 3.8) is 0 Å². The largest absolute Gasteiger partial charge is 0.481 e. The van der Waals surface area contributed by atoms with Gasteiger partial charge in [0, 0.05) is 26.6 Å². The zero-order chi connectivity index (χ0) is 16.1. The summed E-state index contributed by atoms with van der Waals surface area (Å²) in [5.74, 6) is 0.0399. The molecule has 22 heavy (non-hydrogen) atoms. The fourth-order valence-electron chi connectivity index (χ4n) is 2.43. The van der Waals surface area contributed by atoms with Gasteiger partial charge in [-0.2, -0.15) is 0 Å². The molecule has 0 bridgehead atoms. The lowest BCUT2D eigenvalue weighted by Gasteiger charge is -2.16. The van der Waals surface area contributed by atoms with Crippen molar-refractivity contribution in [1.82, 2.24) is 4.90 Å². The van der Waals surface area contributed by atoms with E-state index >= 15 is 0 Å². The van der Waals surface area contributed by atoms with Crippen LogP contribution in [0.3, 0.4) is 0 Å². The Morgan fingerprint density at radius 2 is 2.00 bits per heavy atom. The maximum atomic E-state index is 12.2. The van der Waals surface area contributed by atoms with Crippen molar-refractivity contribution in [2.24, 2.45) is 5.92 Å². The van der Waals surface area contributed by atoms with Gasteiger partial charge in [-0.1, -0.05) is 12.1 Å². The predicted molar refractivity (Wildman–Crippen MR) is 79.7 cm³/mol. The van der Waals surface area contributed by atoms with Gasteiger partial charge in [-0.3, -0.25) is 9.59 Å². The van der Waals surface area contributed by atoms with Crippen molar-refractivity contribution in [3.8, 4) is 5.75 Å². The highest BCUT2D eigenvalue weighted by molar-refractivity contribution is 5.83. The summed E-state index contributed by atoms with van der Waals surface area (Å²) in [7, 11) is 3.22. The van der Waals surface area contributed by atoms with Crippen LogP contribution in [0.2, 0.25) is 0 Å². The van der Waals surface area contributed by atoms with E-state index < -0.39 is 5.97 Å². The number of carbonyl (C=O) groups is 2. The topological polar surface area (TPSA) is 76.1 Å². The first-order valence-electron chi connectivity index (χ1n) is 7.21. The van der Waals surface area contributed by atoms with Crippen molar-refractivity contribution >= 4 is 11.9 Å². The zero-order valence-corrected chi connectivity index (χ0v) is 12.8. The third kappa shape index (κ3) is 4.21. The average Bonchev–Trinajstić information content (AvgIpc) is 3.30. The molecule has 0 spiro atoms. The number of hydrogen-bond acceptors (Lipinski definition) is 4.